The highest BCUT2D eigenvalue weighted by Crippen LogP contribution is 2.20. The van der Waals surface area contributed by atoms with Gasteiger partial charge in [-0.2, -0.15) is 0 Å². The molecular weight excluding hydrogens is 299 g/mol. The van der Waals surface area contributed by atoms with Crippen LogP contribution in [-0.4, -0.2) is 66.2 Å². The highest BCUT2D eigenvalue weighted by Gasteiger charge is 2.30. The molecule has 126 valence electrons. The Morgan fingerprint density at radius 2 is 2.04 bits per heavy atom. The normalized spacial score (nSPS) is 23.9. The summed E-state index contributed by atoms with van der Waals surface area (Å²) in [7, 11) is 0. The van der Waals surface area contributed by atoms with E-state index in [2.05, 4.69) is 4.90 Å². The van der Waals surface area contributed by atoms with E-state index < -0.39 is 6.10 Å². The molecule has 2 fully saturated rings. The van der Waals surface area contributed by atoms with E-state index in [0.717, 1.165) is 12.8 Å². The lowest BCUT2D eigenvalue weighted by Gasteiger charge is -2.36. The number of β-amino-alcohol motifs (C(OH)–C–C–N with tert-alkyl or cyclic N) is 1. The molecule has 2 aliphatic rings. The molecular formula is C17H23FN2O3. The third kappa shape index (κ3) is 3.88. The van der Waals surface area contributed by atoms with E-state index in [4.69, 9.17) is 4.74 Å². The molecule has 2 saturated heterocycles. The summed E-state index contributed by atoms with van der Waals surface area (Å²) >= 11 is 0. The second kappa shape index (κ2) is 7.38. The van der Waals surface area contributed by atoms with Gasteiger partial charge in [-0.25, -0.2) is 4.39 Å². The molecule has 2 atom stereocenters. The van der Waals surface area contributed by atoms with Crippen molar-refractivity contribution in [1.82, 2.24) is 9.80 Å². The largest absolute Gasteiger partial charge is 0.387 e. The van der Waals surface area contributed by atoms with Gasteiger partial charge in [0.05, 0.1) is 6.10 Å². The van der Waals surface area contributed by atoms with Crippen molar-refractivity contribution in [2.75, 3.05) is 39.3 Å². The van der Waals surface area contributed by atoms with Gasteiger partial charge < -0.3 is 14.7 Å². The standard InChI is InChI=1S/C17H23FN2O3/c18-14-5-2-1-4-13(14)15(21)12-19-7-9-20(10-8-19)17(22)16-6-3-11-23-16/h1-2,4-5,15-16,21H,3,6-12H2. The van der Waals surface area contributed by atoms with Gasteiger partial charge in [-0.05, 0) is 18.9 Å². The Balaban J connectivity index is 1.49. The van der Waals surface area contributed by atoms with Gasteiger partial charge in [0.2, 0.25) is 0 Å². The van der Waals surface area contributed by atoms with E-state index >= 15 is 0 Å². The van der Waals surface area contributed by atoms with Crippen molar-refractivity contribution in [1.29, 1.82) is 0 Å². The molecule has 0 bridgehead atoms. The molecule has 3 rings (SSSR count). The molecule has 23 heavy (non-hydrogen) atoms. The summed E-state index contributed by atoms with van der Waals surface area (Å²) in [5.41, 5.74) is 0.324. The molecule has 0 radical (unpaired) electrons. The molecule has 6 heteroatoms. The van der Waals surface area contributed by atoms with Crippen LogP contribution in [0.15, 0.2) is 24.3 Å². The molecule has 5 nitrogen and oxygen atoms in total. The molecule has 1 aromatic rings. The van der Waals surface area contributed by atoms with Crippen molar-refractivity contribution in [3.05, 3.63) is 35.6 Å². The average Bonchev–Trinajstić information content (AvgIpc) is 3.09. The lowest BCUT2D eigenvalue weighted by Crippen LogP contribution is -2.52. The SMILES string of the molecule is O=C(C1CCCO1)N1CCN(CC(O)c2ccccc2F)CC1. The van der Waals surface area contributed by atoms with Crippen molar-refractivity contribution in [3.63, 3.8) is 0 Å². The number of hydrogen-bond donors (Lipinski definition) is 1. The van der Waals surface area contributed by atoms with Crippen molar-refractivity contribution in [2.24, 2.45) is 0 Å². The average molecular weight is 322 g/mol. The van der Waals surface area contributed by atoms with Crippen molar-refractivity contribution in [2.45, 2.75) is 25.0 Å². The van der Waals surface area contributed by atoms with E-state index in [0.29, 0.717) is 44.9 Å². The van der Waals surface area contributed by atoms with Crippen LogP contribution >= 0.6 is 0 Å². The van der Waals surface area contributed by atoms with Gasteiger partial charge in [-0.15, -0.1) is 0 Å². The number of hydrogen-bond acceptors (Lipinski definition) is 4. The minimum atomic E-state index is -0.850. The van der Waals surface area contributed by atoms with Crippen LogP contribution in [0.3, 0.4) is 0 Å². The molecule has 2 aliphatic heterocycles. The third-order valence-corrected chi connectivity index (χ3v) is 4.58. The molecule has 1 N–H and O–H groups in total. The number of aliphatic hydroxyl groups is 1. The molecule has 1 aromatic carbocycles. The lowest BCUT2D eigenvalue weighted by atomic mass is 10.1. The summed E-state index contributed by atoms with van der Waals surface area (Å²) in [6, 6.07) is 6.30. The number of aliphatic hydroxyl groups excluding tert-OH is 1. The van der Waals surface area contributed by atoms with Crippen LogP contribution in [0.5, 0.6) is 0 Å². The fourth-order valence-corrected chi connectivity index (χ4v) is 3.22. The first kappa shape index (κ1) is 16.4. The number of rotatable bonds is 4. The van der Waals surface area contributed by atoms with Gasteiger partial charge in [-0.1, -0.05) is 18.2 Å². The van der Waals surface area contributed by atoms with Crippen LogP contribution in [0.1, 0.15) is 24.5 Å². The zero-order chi connectivity index (χ0) is 16.2. The maximum Gasteiger partial charge on any atom is 0.251 e. The van der Waals surface area contributed by atoms with Crippen molar-refractivity contribution >= 4 is 5.91 Å². The van der Waals surface area contributed by atoms with Gasteiger partial charge in [0.25, 0.3) is 5.91 Å². The highest BCUT2D eigenvalue weighted by molar-refractivity contribution is 5.81. The zero-order valence-corrected chi connectivity index (χ0v) is 13.2. The Morgan fingerprint density at radius 3 is 2.70 bits per heavy atom. The number of benzene rings is 1. The predicted octanol–water partition coefficient (Wildman–Crippen LogP) is 1.18. The summed E-state index contributed by atoms with van der Waals surface area (Å²) < 4.78 is 19.1. The fourth-order valence-electron chi connectivity index (χ4n) is 3.22. The Kier molecular flexibility index (Phi) is 5.25. The summed E-state index contributed by atoms with van der Waals surface area (Å²) in [5, 5.41) is 10.2. The van der Waals surface area contributed by atoms with Gasteiger partial charge in [0.15, 0.2) is 0 Å². The van der Waals surface area contributed by atoms with E-state index in [1.54, 1.807) is 18.2 Å². The number of nitrogens with zero attached hydrogens (tertiary/aromatic N) is 2. The van der Waals surface area contributed by atoms with Crippen molar-refractivity contribution < 1.29 is 19.0 Å². The Labute approximate surface area is 135 Å². The van der Waals surface area contributed by atoms with Gasteiger partial charge >= 0.3 is 0 Å². The van der Waals surface area contributed by atoms with Gasteiger partial charge in [0.1, 0.15) is 11.9 Å². The molecule has 2 unspecified atom stereocenters. The quantitative estimate of drug-likeness (QED) is 0.904. The highest BCUT2D eigenvalue weighted by atomic mass is 19.1. The maximum atomic E-state index is 13.7. The van der Waals surface area contributed by atoms with Crippen LogP contribution in [0.4, 0.5) is 4.39 Å². The van der Waals surface area contributed by atoms with E-state index in [-0.39, 0.29) is 17.8 Å². The summed E-state index contributed by atoms with van der Waals surface area (Å²) in [6.07, 6.45) is 0.637. The second-order valence-corrected chi connectivity index (χ2v) is 6.16. The first-order chi connectivity index (χ1) is 11.1. The van der Waals surface area contributed by atoms with Gasteiger partial charge in [0, 0.05) is 44.9 Å². The number of ether oxygens (including phenoxy) is 1. The fraction of sp³-hybridized carbons (Fsp3) is 0.588. The van der Waals surface area contributed by atoms with E-state index in [1.165, 1.54) is 6.07 Å². The summed E-state index contributed by atoms with van der Waals surface area (Å²) in [5.74, 6) is -0.302. The maximum absolute atomic E-state index is 13.7. The van der Waals surface area contributed by atoms with Crippen LogP contribution in [0, 0.1) is 5.82 Å². The zero-order valence-electron chi connectivity index (χ0n) is 13.2. The Hall–Kier alpha value is -1.50. The Bertz CT molecular complexity index is 540. The molecule has 0 spiro atoms. The van der Waals surface area contributed by atoms with Crippen LogP contribution in [-0.2, 0) is 9.53 Å². The van der Waals surface area contributed by atoms with Crippen LogP contribution in [0.25, 0.3) is 0 Å². The number of carbonyl (C=O) groups is 1. The molecule has 2 heterocycles. The minimum absolute atomic E-state index is 0.0804. The number of amides is 1. The Morgan fingerprint density at radius 1 is 1.30 bits per heavy atom. The topological polar surface area (TPSA) is 53.0 Å². The lowest BCUT2D eigenvalue weighted by molar-refractivity contribution is -0.142. The number of carbonyl (C=O) groups excluding carboxylic acids is 1. The minimum Gasteiger partial charge on any atom is -0.387 e. The smallest absolute Gasteiger partial charge is 0.251 e. The van der Waals surface area contributed by atoms with Crippen LogP contribution < -0.4 is 0 Å². The van der Waals surface area contributed by atoms with Gasteiger partial charge in [-0.3, -0.25) is 9.69 Å². The predicted molar refractivity (Wildman–Crippen MR) is 83.4 cm³/mol. The van der Waals surface area contributed by atoms with E-state index in [1.807, 2.05) is 4.90 Å². The monoisotopic (exact) mass is 322 g/mol. The third-order valence-electron chi connectivity index (χ3n) is 4.58. The second-order valence-electron chi connectivity index (χ2n) is 6.16. The summed E-state index contributed by atoms with van der Waals surface area (Å²) in [4.78, 5) is 16.2. The molecule has 1 amide bonds. The van der Waals surface area contributed by atoms with Crippen LogP contribution in [0.2, 0.25) is 0 Å². The molecule has 0 aliphatic carbocycles. The van der Waals surface area contributed by atoms with E-state index in [9.17, 15) is 14.3 Å². The first-order valence-corrected chi connectivity index (χ1v) is 8.20. The molecule has 0 aromatic heterocycles. The molecule has 0 saturated carbocycles. The number of piperazine rings is 1. The summed E-state index contributed by atoms with van der Waals surface area (Å²) in [6.45, 7) is 3.67. The van der Waals surface area contributed by atoms with Crippen molar-refractivity contribution in [3.8, 4) is 0 Å². The number of halogens is 1. The first-order valence-electron chi connectivity index (χ1n) is 8.20.